The van der Waals surface area contributed by atoms with Crippen LogP contribution < -0.4 is 0 Å². The van der Waals surface area contributed by atoms with Gasteiger partial charge in [-0.25, -0.2) is 0 Å². The molecule has 398 valence electrons. The fourth-order valence-electron chi connectivity index (χ4n) is 8.22. The van der Waals surface area contributed by atoms with E-state index in [1.165, 1.54) is 161 Å². The quantitative estimate of drug-likeness (QED) is 0.0262. The largest absolute Gasteiger partial charge is 0.462 e. The van der Waals surface area contributed by atoms with Crippen molar-refractivity contribution in [3.05, 3.63) is 72.9 Å². The van der Waals surface area contributed by atoms with Gasteiger partial charge in [0.2, 0.25) is 0 Å². The zero-order valence-electron chi connectivity index (χ0n) is 45.6. The van der Waals surface area contributed by atoms with Crippen LogP contribution in [0, 0.1) is 0 Å². The second kappa shape index (κ2) is 57.4. The van der Waals surface area contributed by atoms with E-state index in [9.17, 15) is 14.4 Å². The summed E-state index contributed by atoms with van der Waals surface area (Å²) in [5.41, 5.74) is 0. The van der Waals surface area contributed by atoms with Crippen LogP contribution in [0.15, 0.2) is 72.9 Å². The number of carbonyl (C=O) groups is 3. The van der Waals surface area contributed by atoms with Crippen LogP contribution in [0.1, 0.15) is 290 Å². The molecule has 0 rings (SSSR count). The van der Waals surface area contributed by atoms with Crippen LogP contribution >= 0.6 is 0 Å². The molecule has 0 aliphatic heterocycles. The van der Waals surface area contributed by atoms with Crippen LogP contribution in [0.5, 0.6) is 0 Å². The van der Waals surface area contributed by atoms with E-state index in [2.05, 4.69) is 93.7 Å². The molecule has 0 amide bonds. The molecule has 0 fully saturated rings. The Morgan fingerprint density at radius 3 is 0.855 bits per heavy atom. The van der Waals surface area contributed by atoms with Gasteiger partial charge in [-0.2, -0.15) is 0 Å². The van der Waals surface area contributed by atoms with E-state index >= 15 is 0 Å². The summed E-state index contributed by atoms with van der Waals surface area (Å²) in [5, 5.41) is 0. The standard InChI is InChI=1S/C63H110O6/c1-4-7-10-13-16-19-22-25-27-29-31-33-35-38-41-44-47-50-53-56-62(65)68-59-60(58-67-61(64)55-52-49-46-43-40-37-24-21-18-15-12-9-6-3)69-63(66)57-54-51-48-45-42-39-36-34-32-30-28-26-23-20-17-14-11-8-5-2/h16-17,19-20,25-28,32,34,39,42,60H,4-15,18,21-24,29-31,33,35-38,40-41,43-59H2,1-3H3/b19-16-,20-17-,27-25-,28-26-,34-32-,42-39-/t60-/m0/s1. The molecule has 0 aromatic rings. The fraction of sp³-hybridized carbons (Fsp3) is 0.762. The molecule has 69 heavy (non-hydrogen) atoms. The second-order valence-electron chi connectivity index (χ2n) is 19.6. The minimum atomic E-state index is -0.793. The van der Waals surface area contributed by atoms with Crippen LogP contribution in [0.2, 0.25) is 0 Å². The molecule has 0 saturated carbocycles. The van der Waals surface area contributed by atoms with Crippen molar-refractivity contribution >= 4 is 17.9 Å². The summed E-state index contributed by atoms with van der Waals surface area (Å²) in [6, 6.07) is 0. The Hall–Kier alpha value is -3.15. The molecule has 0 aromatic carbocycles. The Kier molecular flexibility index (Phi) is 54.8. The fourth-order valence-corrected chi connectivity index (χ4v) is 8.22. The third-order valence-corrected chi connectivity index (χ3v) is 12.7. The lowest BCUT2D eigenvalue weighted by molar-refractivity contribution is -0.167. The molecule has 0 heterocycles. The lowest BCUT2D eigenvalue weighted by atomic mass is 10.0. The summed E-state index contributed by atoms with van der Waals surface area (Å²) in [7, 11) is 0. The first kappa shape index (κ1) is 65.8. The maximum atomic E-state index is 12.9. The number of ether oxygens (including phenoxy) is 3. The average Bonchev–Trinajstić information content (AvgIpc) is 3.35. The molecule has 0 bridgehead atoms. The molecular formula is C63H110O6. The summed E-state index contributed by atoms with van der Waals surface area (Å²) < 4.78 is 16.9. The van der Waals surface area contributed by atoms with E-state index in [0.29, 0.717) is 19.3 Å². The molecule has 0 aliphatic rings. The van der Waals surface area contributed by atoms with Gasteiger partial charge < -0.3 is 14.2 Å². The molecule has 6 heteroatoms. The lowest BCUT2D eigenvalue weighted by Gasteiger charge is -2.18. The van der Waals surface area contributed by atoms with Gasteiger partial charge in [0.05, 0.1) is 0 Å². The minimum absolute atomic E-state index is 0.0874. The molecule has 0 aliphatic carbocycles. The van der Waals surface area contributed by atoms with E-state index < -0.39 is 6.10 Å². The number of rotatable bonds is 53. The van der Waals surface area contributed by atoms with Gasteiger partial charge in [-0.15, -0.1) is 0 Å². The normalized spacial score (nSPS) is 12.6. The molecular weight excluding hydrogens is 853 g/mol. The van der Waals surface area contributed by atoms with Crippen molar-refractivity contribution in [1.82, 2.24) is 0 Å². The Balaban J connectivity index is 4.42. The first-order chi connectivity index (χ1) is 34.0. The number of allylic oxidation sites excluding steroid dienone is 12. The van der Waals surface area contributed by atoms with Gasteiger partial charge in [-0.3, -0.25) is 14.4 Å². The number of carbonyl (C=O) groups excluding carboxylic acids is 3. The summed E-state index contributed by atoms with van der Waals surface area (Å²) in [6.07, 6.45) is 73.1. The van der Waals surface area contributed by atoms with Gasteiger partial charge in [0.1, 0.15) is 13.2 Å². The highest BCUT2D eigenvalue weighted by molar-refractivity contribution is 5.71. The Morgan fingerprint density at radius 2 is 0.522 bits per heavy atom. The average molecular weight is 964 g/mol. The Morgan fingerprint density at radius 1 is 0.290 bits per heavy atom. The van der Waals surface area contributed by atoms with Crippen molar-refractivity contribution in [2.24, 2.45) is 0 Å². The van der Waals surface area contributed by atoms with E-state index in [1.807, 2.05) is 0 Å². The molecule has 1 atom stereocenters. The van der Waals surface area contributed by atoms with Gasteiger partial charge in [-0.05, 0) is 96.3 Å². The topological polar surface area (TPSA) is 78.9 Å². The summed E-state index contributed by atoms with van der Waals surface area (Å²) >= 11 is 0. The molecule has 0 aromatic heterocycles. The minimum Gasteiger partial charge on any atom is -0.462 e. The van der Waals surface area contributed by atoms with Gasteiger partial charge in [-0.1, -0.05) is 248 Å². The van der Waals surface area contributed by atoms with Crippen LogP contribution in [0.3, 0.4) is 0 Å². The third kappa shape index (κ3) is 55.6. The van der Waals surface area contributed by atoms with Gasteiger partial charge in [0.15, 0.2) is 6.10 Å². The van der Waals surface area contributed by atoms with E-state index in [-0.39, 0.29) is 31.1 Å². The molecule has 0 saturated heterocycles. The Labute approximate surface area is 427 Å². The molecule has 0 unspecified atom stereocenters. The molecule has 6 nitrogen and oxygen atoms in total. The van der Waals surface area contributed by atoms with Crippen LogP contribution in [0.25, 0.3) is 0 Å². The zero-order valence-corrected chi connectivity index (χ0v) is 45.6. The van der Waals surface area contributed by atoms with Gasteiger partial charge >= 0.3 is 17.9 Å². The van der Waals surface area contributed by atoms with Crippen molar-refractivity contribution in [1.29, 1.82) is 0 Å². The number of hydrogen-bond donors (Lipinski definition) is 0. The molecule has 0 radical (unpaired) electrons. The van der Waals surface area contributed by atoms with E-state index in [4.69, 9.17) is 14.2 Å². The van der Waals surface area contributed by atoms with Crippen LogP contribution in [-0.4, -0.2) is 37.2 Å². The van der Waals surface area contributed by atoms with Crippen LogP contribution in [-0.2, 0) is 28.6 Å². The number of unbranched alkanes of at least 4 members (excludes halogenated alkanes) is 30. The maximum Gasteiger partial charge on any atom is 0.306 e. The lowest BCUT2D eigenvalue weighted by Crippen LogP contribution is -2.30. The smallest absolute Gasteiger partial charge is 0.306 e. The van der Waals surface area contributed by atoms with Crippen LogP contribution in [0.4, 0.5) is 0 Å². The number of hydrogen-bond acceptors (Lipinski definition) is 6. The zero-order chi connectivity index (χ0) is 50.0. The highest BCUT2D eigenvalue weighted by atomic mass is 16.6. The summed E-state index contributed by atoms with van der Waals surface area (Å²) in [5.74, 6) is -0.913. The number of esters is 3. The molecule has 0 spiro atoms. The maximum absolute atomic E-state index is 12.9. The van der Waals surface area contributed by atoms with Crippen molar-refractivity contribution < 1.29 is 28.6 Å². The monoisotopic (exact) mass is 963 g/mol. The van der Waals surface area contributed by atoms with E-state index in [0.717, 1.165) is 89.9 Å². The first-order valence-electron chi connectivity index (χ1n) is 29.4. The van der Waals surface area contributed by atoms with Crippen molar-refractivity contribution in [3.8, 4) is 0 Å². The first-order valence-corrected chi connectivity index (χ1v) is 29.4. The van der Waals surface area contributed by atoms with Crippen molar-refractivity contribution in [2.45, 2.75) is 297 Å². The highest BCUT2D eigenvalue weighted by Gasteiger charge is 2.19. The predicted molar refractivity (Wildman–Crippen MR) is 298 cm³/mol. The third-order valence-electron chi connectivity index (χ3n) is 12.7. The van der Waals surface area contributed by atoms with Gasteiger partial charge in [0.25, 0.3) is 0 Å². The summed E-state index contributed by atoms with van der Waals surface area (Å²) in [4.78, 5) is 38.2. The van der Waals surface area contributed by atoms with E-state index in [1.54, 1.807) is 0 Å². The SMILES string of the molecule is CCCCC/C=C\C/C=C\C/C=C\C/C=C\CCCCCC(=O)O[C@H](COC(=O)CCCCCCCCCCC/C=C\C/C=C\CCCCC)COC(=O)CCCCCCCCCCCCCCC. The summed E-state index contributed by atoms with van der Waals surface area (Å²) in [6.45, 7) is 6.58. The molecule has 0 N–H and O–H groups in total. The second-order valence-corrected chi connectivity index (χ2v) is 19.6. The van der Waals surface area contributed by atoms with Gasteiger partial charge in [0, 0.05) is 19.3 Å². The van der Waals surface area contributed by atoms with Crippen molar-refractivity contribution in [3.63, 3.8) is 0 Å². The Bertz CT molecular complexity index is 1290. The predicted octanol–water partition coefficient (Wildman–Crippen LogP) is 19.8. The highest BCUT2D eigenvalue weighted by Crippen LogP contribution is 2.15. The van der Waals surface area contributed by atoms with Crippen molar-refractivity contribution in [2.75, 3.05) is 13.2 Å².